The lowest BCUT2D eigenvalue weighted by Crippen LogP contribution is -1.90. The summed E-state index contributed by atoms with van der Waals surface area (Å²) in [6, 6.07) is -18.4. The first-order valence-electron chi connectivity index (χ1n) is 22.1. The predicted molar refractivity (Wildman–Crippen MR) is 155 cm³/mol. The Morgan fingerprint density at radius 2 is 0.778 bits per heavy atom. The standard InChI is InChI=1S/C36H24/c1-2-11-27(12-3-1)35-31-14-6-8-16-33(31)36(34-17-9-7-15-32(34)35)28-21-18-26(19-22-28)30-23-20-25-10-4-5-13-29(25)24-30/h1-24H/i1D,2D,3D,4D,5D,6D,7D,8D,9D,10D,11D,12D,13D,14D,15D,16D,17D,18D,19D,21D,22D,23D,24D. The van der Waals surface area contributed by atoms with Crippen LogP contribution in [0.5, 0.6) is 0 Å². The average molecular weight is 480 g/mol. The molecule has 0 nitrogen and oxygen atoms in total. The zero-order valence-corrected chi connectivity index (χ0v) is 18.1. The highest BCUT2D eigenvalue weighted by Crippen LogP contribution is 2.43. The van der Waals surface area contributed by atoms with Crippen LogP contribution in [0.1, 0.15) is 31.5 Å². The van der Waals surface area contributed by atoms with Gasteiger partial charge in [0, 0.05) is 0 Å². The lowest BCUT2D eigenvalue weighted by Gasteiger charge is -2.18. The lowest BCUT2D eigenvalue weighted by molar-refractivity contribution is 1.62. The van der Waals surface area contributed by atoms with Gasteiger partial charge in [-0.3, -0.25) is 0 Å². The molecule has 0 aliphatic rings. The minimum Gasteiger partial charge on any atom is -0.0622 e. The van der Waals surface area contributed by atoms with Gasteiger partial charge in [-0.25, -0.2) is 0 Å². The highest BCUT2D eigenvalue weighted by atomic mass is 14.2. The van der Waals surface area contributed by atoms with Gasteiger partial charge in [-0.15, -0.1) is 0 Å². The van der Waals surface area contributed by atoms with Crippen LogP contribution in [0.15, 0.2) is 145 Å². The molecular formula is C36H24. The van der Waals surface area contributed by atoms with Gasteiger partial charge in [0.1, 0.15) is 0 Å². The highest BCUT2D eigenvalue weighted by molar-refractivity contribution is 6.21. The summed E-state index contributed by atoms with van der Waals surface area (Å²) in [4.78, 5) is 0. The van der Waals surface area contributed by atoms with Gasteiger partial charge in [0.2, 0.25) is 0 Å². The Balaban J connectivity index is 1.78. The Kier molecular flexibility index (Phi) is 1.87. The van der Waals surface area contributed by atoms with E-state index in [2.05, 4.69) is 0 Å². The number of benzene rings is 7. The van der Waals surface area contributed by atoms with E-state index in [0.717, 1.165) is 6.07 Å². The maximum atomic E-state index is 9.31. The number of fused-ring (bicyclic) bond motifs is 3. The van der Waals surface area contributed by atoms with Gasteiger partial charge in [0.25, 0.3) is 0 Å². The van der Waals surface area contributed by atoms with E-state index in [1.807, 2.05) is 0 Å². The molecule has 0 atom stereocenters. The fraction of sp³-hybridized carbons (Fsp3) is 0. The first-order chi connectivity index (χ1) is 27.4. The van der Waals surface area contributed by atoms with E-state index >= 15 is 0 Å². The van der Waals surface area contributed by atoms with Gasteiger partial charge in [-0.05, 0) is 71.7 Å². The van der Waals surface area contributed by atoms with Gasteiger partial charge in [-0.1, -0.05) is 139 Å². The van der Waals surface area contributed by atoms with Crippen molar-refractivity contribution in [3.05, 3.63) is 145 Å². The van der Waals surface area contributed by atoms with Crippen LogP contribution in [0.4, 0.5) is 0 Å². The van der Waals surface area contributed by atoms with E-state index in [-0.39, 0.29) is 10.8 Å². The van der Waals surface area contributed by atoms with Crippen LogP contribution in [0.25, 0.3) is 65.7 Å². The maximum absolute atomic E-state index is 9.31. The monoisotopic (exact) mass is 479 g/mol. The van der Waals surface area contributed by atoms with E-state index in [9.17, 15) is 5.48 Å². The largest absolute Gasteiger partial charge is 0.0636 e. The Hall–Kier alpha value is -4.68. The molecule has 0 saturated heterocycles. The van der Waals surface area contributed by atoms with Gasteiger partial charge >= 0.3 is 0 Å². The molecule has 0 aromatic heterocycles. The molecule has 0 heterocycles. The molecule has 7 aromatic carbocycles. The zero-order valence-electron chi connectivity index (χ0n) is 41.1. The molecule has 0 heteroatoms. The second kappa shape index (κ2) is 8.52. The van der Waals surface area contributed by atoms with E-state index in [1.165, 1.54) is 0 Å². The Morgan fingerprint density at radius 3 is 1.36 bits per heavy atom. The predicted octanol–water partition coefficient (Wildman–Crippen LogP) is 10.1. The van der Waals surface area contributed by atoms with Crippen molar-refractivity contribution in [2.45, 2.75) is 0 Å². The highest BCUT2D eigenvalue weighted by Gasteiger charge is 2.16. The smallest absolute Gasteiger partial charge is 0.0622 e. The summed E-state index contributed by atoms with van der Waals surface area (Å²) >= 11 is 0. The maximum Gasteiger partial charge on any atom is 0.0636 e. The molecular weight excluding hydrogens is 432 g/mol. The van der Waals surface area contributed by atoms with Crippen LogP contribution in [0.2, 0.25) is 0 Å². The summed E-state index contributed by atoms with van der Waals surface area (Å²) in [5, 5.41) is -3.15. The molecule has 0 aliphatic heterocycles. The average Bonchev–Trinajstić information content (AvgIpc) is 3.20. The van der Waals surface area contributed by atoms with E-state index in [1.54, 1.807) is 0 Å². The number of hydrogen-bond donors (Lipinski definition) is 0. The van der Waals surface area contributed by atoms with Crippen LogP contribution in [-0.4, -0.2) is 0 Å². The molecule has 168 valence electrons. The fourth-order valence-corrected chi connectivity index (χ4v) is 4.03. The topological polar surface area (TPSA) is 0 Å². The third kappa shape index (κ3) is 3.39. The Bertz CT molecular complexity index is 2990. The van der Waals surface area contributed by atoms with Crippen molar-refractivity contribution in [1.82, 2.24) is 0 Å². The molecule has 0 aliphatic carbocycles. The zero-order chi connectivity index (χ0) is 43.9. The second-order valence-corrected chi connectivity index (χ2v) is 7.58. The Morgan fingerprint density at radius 1 is 0.333 bits per heavy atom. The minimum absolute atomic E-state index is 0.220. The van der Waals surface area contributed by atoms with Crippen molar-refractivity contribution in [3.63, 3.8) is 0 Å². The van der Waals surface area contributed by atoms with Gasteiger partial charge in [-0.2, -0.15) is 0 Å². The number of rotatable bonds is 3. The molecule has 0 fully saturated rings. The fourth-order valence-electron chi connectivity index (χ4n) is 4.03. The van der Waals surface area contributed by atoms with E-state index in [4.69, 9.17) is 26.0 Å². The first kappa shape index (κ1) is 7.91. The third-order valence-electron chi connectivity index (χ3n) is 5.58. The van der Waals surface area contributed by atoms with Crippen LogP contribution in [-0.2, 0) is 0 Å². The van der Waals surface area contributed by atoms with Crippen LogP contribution in [0.3, 0.4) is 0 Å². The summed E-state index contributed by atoms with van der Waals surface area (Å²) in [5.74, 6) is 0. The van der Waals surface area contributed by atoms with Crippen molar-refractivity contribution in [2.75, 3.05) is 0 Å². The quantitative estimate of drug-likeness (QED) is 0.221. The molecule has 0 radical (unpaired) electrons. The summed E-state index contributed by atoms with van der Waals surface area (Å²) < 4.78 is 201. The molecule has 0 amide bonds. The van der Waals surface area contributed by atoms with Crippen molar-refractivity contribution in [1.29, 1.82) is 0 Å². The molecule has 0 N–H and O–H groups in total. The van der Waals surface area contributed by atoms with E-state index in [0.29, 0.717) is 0 Å². The van der Waals surface area contributed by atoms with Crippen molar-refractivity contribution in [3.8, 4) is 33.4 Å². The summed E-state index contributed by atoms with van der Waals surface area (Å²) in [6.45, 7) is 0. The van der Waals surface area contributed by atoms with Crippen LogP contribution >= 0.6 is 0 Å². The molecule has 0 unspecified atom stereocenters. The molecule has 7 rings (SSSR count). The normalized spacial score (nSPS) is 20.3. The summed E-state index contributed by atoms with van der Waals surface area (Å²) in [5.41, 5.74) is -3.94. The molecule has 36 heavy (non-hydrogen) atoms. The molecule has 0 saturated carbocycles. The summed E-state index contributed by atoms with van der Waals surface area (Å²) in [7, 11) is 0. The first-order valence-corrected chi connectivity index (χ1v) is 10.6. The van der Waals surface area contributed by atoms with Crippen molar-refractivity contribution in [2.24, 2.45) is 0 Å². The van der Waals surface area contributed by atoms with Gasteiger partial charge in [0.05, 0.1) is 31.5 Å². The van der Waals surface area contributed by atoms with Crippen molar-refractivity contribution < 1.29 is 31.5 Å². The molecule has 0 spiro atoms. The number of hydrogen-bond acceptors (Lipinski definition) is 0. The van der Waals surface area contributed by atoms with Crippen molar-refractivity contribution >= 4 is 32.3 Å². The second-order valence-electron chi connectivity index (χ2n) is 7.58. The molecule has 7 aromatic rings. The van der Waals surface area contributed by atoms with E-state index < -0.39 is 194 Å². The minimum atomic E-state index is -0.979. The molecule has 0 bridgehead atoms. The summed E-state index contributed by atoms with van der Waals surface area (Å²) in [6.07, 6.45) is 0. The Labute approximate surface area is 243 Å². The van der Waals surface area contributed by atoms with Gasteiger partial charge in [0.15, 0.2) is 0 Å². The third-order valence-corrected chi connectivity index (χ3v) is 5.58. The SMILES string of the molecule is [2H]c1cc2c([2H])c([2H])c([2H])c([2H])c2c([2H])c1-c1c([2H])c([2H])c(-c2c3c([2H])c([2H])c([2H])c([2H])c3c(-c3c([2H])c([2H])c([2H])c([2H])c3[2H])c3c([2H])c([2H])c([2H])c([2H])c23)c([2H])c1[2H]. The lowest BCUT2D eigenvalue weighted by atomic mass is 9.86. The van der Waals surface area contributed by atoms with Gasteiger partial charge < -0.3 is 0 Å². The van der Waals surface area contributed by atoms with Crippen LogP contribution in [0, 0.1) is 0 Å². The van der Waals surface area contributed by atoms with Crippen LogP contribution < -0.4 is 0 Å².